The highest BCUT2D eigenvalue weighted by molar-refractivity contribution is 7.80. The first-order valence-electron chi connectivity index (χ1n) is 10.3. The Hall–Kier alpha value is -1.92. The zero-order valence-electron chi connectivity index (χ0n) is 17.1. The van der Waals surface area contributed by atoms with Gasteiger partial charge in [0.2, 0.25) is 0 Å². The first-order chi connectivity index (χ1) is 13.5. The zero-order chi connectivity index (χ0) is 20.1. The Morgan fingerprint density at radius 1 is 1.39 bits per heavy atom. The molecule has 2 N–H and O–H groups in total. The third-order valence-electron chi connectivity index (χ3n) is 5.15. The second kappa shape index (κ2) is 9.52. The number of hydrogen-bond donors (Lipinski definition) is 2. The van der Waals surface area contributed by atoms with Gasteiger partial charge in [0.1, 0.15) is 0 Å². The van der Waals surface area contributed by atoms with E-state index in [1.165, 1.54) is 5.56 Å². The number of fused-ring (bicyclic) bond motifs is 1. The second-order valence-electron chi connectivity index (χ2n) is 7.99. The summed E-state index contributed by atoms with van der Waals surface area (Å²) < 4.78 is 5.81. The fraction of sp³-hybridized carbons (Fsp3) is 0.545. The van der Waals surface area contributed by atoms with Crippen molar-refractivity contribution < 1.29 is 4.74 Å². The maximum Gasteiger partial charge on any atom is 0.253 e. The normalized spacial score (nSPS) is 16.6. The summed E-state index contributed by atoms with van der Waals surface area (Å²) in [5.41, 5.74) is 2.81. The number of rotatable bonds is 7. The Morgan fingerprint density at radius 3 is 2.89 bits per heavy atom. The van der Waals surface area contributed by atoms with Crippen LogP contribution in [-0.2, 0) is 17.7 Å². The van der Waals surface area contributed by atoms with Gasteiger partial charge in [-0.3, -0.25) is 4.79 Å². The maximum absolute atomic E-state index is 12.7. The fourth-order valence-corrected chi connectivity index (χ4v) is 3.72. The molecule has 0 radical (unpaired) electrons. The lowest BCUT2D eigenvalue weighted by molar-refractivity contribution is 0.0896. The molecule has 152 valence electrons. The van der Waals surface area contributed by atoms with Gasteiger partial charge in [-0.1, -0.05) is 26.8 Å². The first-order valence-corrected chi connectivity index (χ1v) is 10.7. The van der Waals surface area contributed by atoms with Crippen LogP contribution in [0.25, 0.3) is 10.9 Å². The van der Waals surface area contributed by atoms with Crippen LogP contribution in [0, 0.1) is 5.92 Å². The summed E-state index contributed by atoms with van der Waals surface area (Å²) in [6, 6.07) is 8.19. The number of H-pyrrole nitrogens is 1. The molecule has 1 atom stereocenters. The smallest absolute Gasteiger partial charge is 0.253 e. The number of benzene rings is 1. The third kappa shape index (κ3) is 5.32. The summed E-state index contributed by atoms with van der Waals surface area (Å²) in [6.45, 7) is 9.24. The molecule has 1 aromatic carbocycles. The second-order valence-corrected chi connectivity index (χ2v) is 8.38. The van der Waals surface area contributed by atoms with Gasteiger partial charge in [-0.15, -0.1) is 0 Å². The Labute approximate surface area is 172 Å². The van der Waals surface area contributed by atoms with Crippen LogP contribution >= 0.6 is 12.2 Å². The SMILES string of the molecule is CCc1ccc2[nH]c(=O)c(CN(C[C@H]3CCCO3)C(=S)NCC(C)C)cc2c1. The first kappa shape index (κ1) is 20.8. The molecule has 1 saturated heterocycles. The average molecular weight is 402 g/mol. The third-order valence-corrected chi connectivity index (χ3v) is 5.55. The van der Waals surface area contributed by atoms with Crippen LogP contribution < -0.4 is 10.9 Å². The molecule has 28 heavy (non-hydrogen) atoms. The molecular formula is C22H31N3O2S. The topological polar surface area (TPSA) is 57.4 Å². The van der Waals surface area contributed by atoms with Gasteiger partial charge in [0.15, 0.2) is 5.11 Å². The molecule has 6 heteroatoms. The van der Waals surface area contributed by atoms with E-state index in [0.717, 1.165) is 48.9 Å². The summed E-state index contributed by atoms with van der Waals surface area (Å²) in [5.74, 6) is 0.499. The molecule has 0 bridgehead atoms. The number of hydrogen-bond acceptors (Lipinski definition) is 3. The largest absolute Gasteiger partial charge is 0.376 e. The molecule has 1 aliphatic heterocycles. The average Bonchev–Trinajstić information content (AvgIpc) is 3.18. The number of aromatic nitrogens is 1. The van der Waals surface area contributed by atoms with E-state index in [1.54, 1.807) is 0 Å². The van der Waals surface area contributed by atoms with Gasteiger partial charge < -0.3 is 19.9 Å². The lowest BCUT2D eigenvalue weighted by Gasteiger charge is -2.28. The molecular weight excluding hydrogens is 370 g/mol. The van der Waals surface area contributed by atoms with Crippen LogP contribution in [0.15, 0.2) is 29.1 Å². The van der Waals surface area contributed by atoms with Crippen LogP contribution in [-0.4, -0.2) is 40.8 Å². The Balaban J connectivity index is 1.84. The number of pyridine rings is 1. The standard InChI is InChI=1S/C22H31N3O2S/c1-4-16-7-8-20-17(10-16)11-18(21(26)24-20)13-25(14-19-6-5-9-27-19)22(28)23-12-15(2)3/h7-8,10-11,15,19H,4-6,9,12-14H2,1-3H3,(H,23,28)(H,24,26)/t19-/m1/s1. The van der Waals surface area contributed by atoms with Crippen LogP contribution in [0.2, 0.25) is 0 Å². The number of nitrogens with zero attached hydrogens (tertiary/aromatic N) is 1. The van der Waals surface area contributed by atoms with E-state index in [2.05, 4.69) is 48.1 Å². The monoisotopic (exact) mass is 401 g/mol. The van der Waals surface area contributed by atoms with Crippen molar-refractivity contribution in [2.24, 2.45) is 5.92 Å². The quantitative estimate of drug-likeness (QED) is 0.694. The molecule has 1 aromatic heterocycles. The number of thiocarbonyl (C=S) groups is 1. The van der Waals surface area contributed by atoms with E-state index < -0.39 is 0 Å². The van der Waals surface area contributed by atoms with E-state index in [4.69, 9.17) is 17.0 Å². The molecule has 1 aliphatic rings. The Bertz CT molecular complexity index is 872. The van der Waals surface area contributed by atoms with Gasteiger partial charge >= 0.3 is 0 Å². The van der Waals surface area contributed by atoms with Gasteiger partial charge in [0, 0.05) is 30.8 Å². The Kier molecular flexibility index (Phi) is 7.08. The summed E-state index contributed by atoms with van der Waals surface area (Å²) in [6.07, 6.45) is 3.27. The van der Waals surface area contributed by atoms with Crippen molar-refractivity contribution >= 4 is 28.2 Å². The van der Waals surface area contributed by atoms with E-state index in [9.17, 15) is 4.79 Å². The molecule has 0 unspecified atom stereocenters. The summed E-state index contributed by atoms with van der Waals surface area (Å²) in [5, 5.41) is 5.09. The van der Waals surface area contributed by atoms with Crippen molar-refractivity contribution in [1.82, 2.24) is 15.2 Å². The van der Waals surface area contributed by atoms with Crippen molar-refractivity contribution in [2.75, 3.05) is 19.7 Å². The molecule has 5 nitrogen and oxygen atoms in total. The molecule has 2 aromatic rings. The molecule has 0 saturated carbocycles. The minimum Gasteiger partial charge on any atom is -0.376 e. The Morgan fingerprint density at radius 2 is 2.21 bits per heavy atom. The van der Waals surface area contributed by atoms with Gasteiger partial charge in [-0.05, 0) is 66.5 Å². The predicted octanol–water partition coefficient (Wildman–Crippen LogP) is 3.60. The molecule has 0 aliphatic carbocycles. The van der Waals surface area contributed by atoms with E-state index >= 15 is 0 Å². The summed E-state index contributed by atoms with van der Waals surface area (Å²) in [7, 11) is 0. The molecule has 0 amide bonds. The molecule has 1 fully saturated rings. The van der Waals surface area contributed by atoms with Crippen LogP contribution in [0.1, 0.15) is 44.7 Å². The summed E-state index contributed by atoms with van der Waals surface area (Å²) in [4.78, 5) is 17.8. The molecule has 2 heterocycles. The predicted molar refractivity (Wildman–Crippen MR) is 119 cm³/mol. The van der Waals surface area contributed by atoms with Gasteiger partial charge in [-0.25, -0.2) is 0 Å². The number of aromatic amines is 1. The van der Waals surface area contributed by atoms with E-state index in [0.29, 0.717) is 24.1 Å². The lowest BCUT2D eigenvalue weighted by Crippen LogP contribution is -2.44. The van der Waals surface area contributed by atoms with Crippen molar-refractivity contribution in [3.05, 3.63) is 45.7 Å². The minimum absolute atomic E-state index is 0.0549. The highest BCUT2D eigenvalue weighted by Gasteiger charge is 2.22. The maximum atomic E-state index is 12.7. The van der Waals surface area contributed by atoms with E-state index in [-0.39, 0.29) is 11.7 Å². The van der Waals surface area contributed by atoms with Crippen LogP contribution in [0.5, 0.6) is 0 Å². The van der Waals surface area contributed by atoms with Gasteiger partial charge in [-0.2, -0.15) is 0 Å². The van der Waals surface area contributed by atoms with Crippen molar-refractivity contribution in [1.29, 1.82) is 0 Å². The van der Waals surface area contributed by atoms with Crippen molar-refractivity contribution in [3.63, 3.8) is 0 Å². The highest BCUT2D eigenvalue weighted by Crippen LogP contribution is 2.17. The number of ether oxygens (including phenoxy) is 1. The summed E-state index contributed by atoms with van der Waals surface area (Å²) >= 11 is 5.65. The fourth-order valence-electron chi connectivity index (χ4n) is 3.50. The highest BCUT2D eigenvalue weighted by atomic mass is 32.1. The number of aryl methyl sites for hydroxylation is 1. The van der Waals surface area contributed by atoms with Crippen molar-refractivity contribution in [2.45, 2.75) is 52.7 Å². The lowest BCUT2D eigenvalue weighted by atomic mass is 10.1. The minimum atomic E-state index is -0.0549. The molecule has 3 rings (SSSR count). The van der Waals surface area contributed by atoms with Gasteiger partial charge in [0.25, 0.3) is 5.56 Å². The van der Waals surface area contributed by atoms with Crippen LogP contribution in [0.3, 0.4) is 0 Å². The van der Waals surface area contributed by atoms with Crippen molar-refractivity contribution in [3.8, 4) is 0 Å². The molecule has 0 spiro atoms. The number of nitrogens with one attached hydrogen (secondary N) is 2. The zero-order valence-corrected chi connectivity index (χ0v) is 17.9. The van der Waals surface area contributed by atoms with Crippen LogP contribution in [0.4, 0.5) is 0 Å². The van der Waals surface area contributed by atoms with Gasteiger partial charge in [0.05, 0.1) is 12.6 Å². The van der Waals surface area contributed by atoms with E-state index in [1.807, 2.05) is 12.1 Å².